The summed E-state index contributed by atoms with van der Waals surface area (Å²) in [6.07, 6.45) is 3.52. The fourth-order valence-electron chi connectivity index (χ4n) is 0.730. The van der Waals surface area contributed by atoms with Gasteiger partial charge in [0.1, 0.15) is 0 Å². The monoisotopic (exact) mass is 153 g/mol. The Hall–Kier alpha value is -1.16. The van der Waals surface area contributed by atoms with Crippen LogP contribution in [0.25, 0.3) is 0 Å². The zero-order valence-corrected chi connectivity index (χ0v) is 6.37. The molecular formula is C7H11N3O. The maximum absolute atomic E-state index is 11.0. The van der Waals surface area contributed by atoms with Crippen molar-refractivity contribution in [2.24, 2.45) is 5.73 Å². The molecule has 0 radical (unpaired) electrons. The largest absolute Gasteiger partial charge is 0.348 e. The second-order valence-electron chi connectivity index (χ2n) is 2.51. The zero-order valence-electron chi connectivity index (χ0n) is 6.37. The highest BCUT2D eigenvalue weighted by Gasteiger charge is 2.08. The molecule has 0 aromatic carbocycles. The van der Waals surface area contributed by atoms with E-state index in [-0.39, 0.29) is 5.78 Å². The summed E-state index contributed by atoms with van der Waals surface area (Å²) in [6, 6.07) is -0.390. The van der Waals surface area contributed by atoms with Crippen molar-refractivity contribution in [2.75, 3.05) is 0 Å². The van der Waals surface area contributed by atoms with Crippen LogP contribution in [0.5, 0.6) is 0 Å². The van der Waals surface area contributed by atoms with Gasteiger partial charge in [-0.1, -0.05) is 0 Å². The lowest BCUT2D eigenvalue weighted by molar-refractivity contribution is -0.119. The smallest absolute Gasteiger partial charge is 0.155 e. The summed E-state index contributed by atoms with van der Waals surface area (Å²) in [7, 11) is 0. The third kappa shape index (κ3) is 2.16. The molecule has 0 amide bonds. The molecule has 4 nitrogen and oxygen atoms in total. The Labute approximate surface area is 64.8 Å². The third-order valence-electron chi connectivity index (χ3n) is 1.43. The average Bonchev–Trinajstić information content (AvgIpc) is 2.39. The van der Waals surface area contributed by atoms with E-state index in [0.29, 0.717) is 6.42 Å². The molecule has 1 aromatic heterocycles. The zero-order chi connectivity index (χ0) is 8.27. The topological polar surface area (TPSA) is 71.8 Å². The third-order valence-corrected chi connectivity index (χ3v) is 1.43. The van der Waals surface area contributed by atoms with E-state index in [1.165, 1.54) is 0 Å². The minimum atomic E-state index is -0.390. The number of carbonyl (C=O) groups is 1. The van der Waals surface area contributed by atoms with E-state index in [4.69, 9.17) is 5.73 Å². The van der Waals surface area contributed by atoms with Crippen LogP contribution in [0.1, 0.15) is 12.6 Å². The van der Waals surface area contributed by atoms with Crippen molar-refractivity contribution in [3.8, 4) is 0 Å². The van der Waals surface area contributed by atoms with Crippen LogP contribution in [0.15, 0.2) is 12.5 Å². The minimum Gasteiger partial charge on any atom is -0.348 e. The van der Waals surface area contributed by atoms with Gasteiger partial charge < -0.3 is 10.7 Å². The van der Waals surface area contributed by atoms with E-state index in [2.05, 4.69) is 9.97 Å². The summed E-state index contributed by atoms with van der Waals surface area (Å²) in [5.74, 6) is 0.0225. The summed E-state index contributed by atoms with van der Waals surface area (Å²) < 4.78 is 0. The summed E-state index contributed by atoms with van der Waals surface area (Å²) in [5, 5.41) is 0. The predicted molar refractivity (Wildman–Crippen MR) is 40.9 cm³/mol. The normalized spacial score (nSPS) is 12.9. The highest BCUT2D eigenvalue weighted by molar-refractivity contribution is 5.85. The molecule has 1 unspecified atom stereocenters. The molecule has 0 bridgehead atoms. The Balaban J connectivity index is 2.50. The highest BCUT2D eigenvalue weighted by Crippen LogP contribution is 1.94. The Bertz CT molecular complexity index is 228. The molecule has 0 fully saturated rings. The van der Waals surface area contributed by atoms with E-state index >= 15 is 0 Å². The molecule has 1 rings (SSSR count). The second kappa shape index (κ2) is 3.30. The van der Waals surface area contributed by atoms with Crippen molar-refractivity contribution in [3.63, 3.8) is 0 Å². The summed E-state index contributed by atoms with van der Waals surface area (Å²) in [6.45, 7) is 1.68. The molecule has 0 saturated heterocycles. The van der Waals surface area contributed by atoms with Gasteiger partial charge in [0.2, 0.25) is 0 Å². The maximum Gasteiger partial charge on any atom is 0.155 e. The molecule has 11 heavy (non-hydrogen) atoms. The van der Waals surface area contributed by atoms with Crippen molar-refractivity contribution in [2.45, 2.75) is 19.4 Å². The molecular weight excluding hydrogens is 142 g/mol. The van der Waals surface area contributed by atoms with Crippen LogP contribution in [-0.4, -0.2) is 21.8 Å². The number of aromatic amines is 1. The number of rotatable bonds is 3. The Kier molecular flexibility index (Phi) is 2.38. The number of hydrogen-bond acceptors (Lipinski definition) is 3. The molecule has 0 aliphatic rings. The fourth-order valence-corrected chi connectivity index (χ4v) is 0.730. The SMILES string of the molecule is CC(N)C(=O)Cc1cnc[nH]1. The van der Waals surface area contributed by atoms with Crippen molar-refractivity contribution < 1.29 is 4.79 Å². The van der Waals surface area contributed by atoms with Crippen LogP contribution in [0.2, 0.25) is 0 Å². The maximum atomic E-state index is 11.0. The number of H-pyrrole nitrogens is 1. The number of ketones is 1. The van der Waals surface area contributed by atoms with Crippen LogP contribution in [0.4, 0.5) is 0 Å². The van der Waals surface area contributed by atoms with Crippen molar-refractivity contribution in [3.05, 3.63) is 18.2 Å². The molecule has 1 heterocycles. The second-order valence-corrected chi connectivity index (χ2v) is 2.51. The first kappa shape index (κ1) is 7.94. The van der Waals surface area contributed by atoms with E-state index in [9.17, 15) is 4.79 Å². The van der Waals surface area contributed by atoms with Gasteiger partial charge in [-0.2, -0.15) is 0 Å². The standard InChI is InChI=1S/C7H11N3O/c1-5(8)7(11)2-6-3-9-4-10-6/h3-5H,2,8H2,1H3,(H,9,10). The van der Waals surface area contributed by atoms with Crippen molar-refractivity contribution in [1.29, 1.82) is 0 Å². The summed E-state index contributed by atoms with van der Waals surface area (Å²) in [5.41, 5.74) is 6.18. The van der Waals surface area contributed by atoms with Gasteiger partial charge in [0, 0.05) is 18.3 Å². The number of nitrogens with zero attached hydrogens (tertiary/aromatic N) is 1. The summed E-state index contributed by atoms with van der Waals surface area (Å²) >= 11 is 0. The van der Waals surface area contributed by atoms with Gasteiger partial charge >= 0.3 is 0 Å². The molecule has 3 N–H and O–H groups in total. The van der Waals surface area contributed by atoms with Crippen LogP contribution < -0.4 is 5.73 Å². The summed E-state index contributed by atoms with van der Waals surface area (Å²) in [4.78, 5) is 17.7. The van der Waals surface area contributed by atoms with Gasteiger partial charge in [0.15, 0.2) is 5.78 Å². The van der Waals surface area contributed by atoms with Gasteiger partial charge in [-0.05, 0) is 6.92 Å². The van der Waals surface area contributed by atoms with Gasteiger partial charge in [0.05, 0.1) is 12.4 Å². The Morgan fingerprint density at radius 3 is 3.09 bits per heavy atom. The van der Waals surface area contributed by atoms with Crippen LogP contribution in [0, 0.1) is 0 Å². The van der Waals surface area contributed by atoms with Crippen LogP contribution in [0.3, 0.4) is 0 Å². The minimum absolute atomic E-state index is 0.0225. The van der Waals surface area contributed by atoms with Gasteiger partial charge in [-0.15, -0.1) is 0 Å². The van der Waals surface area contributed by atoms with Crippen LogP contribution >= 0.6 is 0 Å². The molecule has 0 aliphatic heterocycles. The molecule has 60 valence electrons. The first-order valence-electron chi connectivity index (χ1n) is 3.45. The van der Waals surface area contributed by atoms with Gasteiger partial charge in [-0.3, -0.25) is 4.79 Å². The van der Waals surface area contributed by atoms with Gasteiger partial charge in [-0.25, -0.2) is 4.98 Å². The number of nitrogens with two attached hydrogens (primary N) is 1. The van der Waals surface area contributed by atoms with Crippen molar-refractivity contribution in [1.82, 2.24) is 9.97 Å². The Morgan fingerprint density at radius 2 is 2.64 bits per heavy atom. The number of carbonyl (C=O) groups excluding carboxylic acids is 1. The molecule has 0 spiro atoms. The molecule has 1 aromatic rings. The first-order valence-corrected chi connectivity index (χ1v) is 3.45. The quantitative estimate of drug-likeness (QED) is 0.635. The van der Waals surface area contributed by atoms with E-state index < -0.39 is 6.04 Å². The highest BCUT2D eigenvalue weighted by atomic mass is 16.1. The number of aromatic nitrogens is 2. The van der Waals surface area contributed by atoms with Crippen molar-refractivity contribution >= 4 is 5.78 Å². The fraction of sp³-hybridized carbons (Fsp3) is 0.429. The molecule has 1 atom stereocenters. The molecule has 0 aliphatic carbocycles. The lowest BCUT2D eigenvalue weighted by atomic mass is 10.1. The molecule has 4 heteroatoms. The van der Waals surface area contributed by atoms with E-state index in [1.807, 2.05) is 0 Å². The average molecular weight is 153 g/mol. The van der Waals surface area contributed by atoms with Gasteiger partial charge in [0.25, 0.3) is 0 Å². The lowest BCUT2D eigenvalue weighted by Crippen LogP contribution is -2.28. The lowest BCUT2D eigenvalue weighted by Gasteiger charge is -2.00. The van der Waals surface area contributed by atoms with E-state index in [0.717, 1.165) is 5.69 Å². The number of Topliss-reactive ketones (excluding diaryl/α,β-unsaturated/α-hetero) is 1. The predicted octanol–water partition coefficient (Wildman–Crippen LogP) is -0.132. The molecule has 0 saturated carbocycles. The number of hydrogen-bond donors (Lipinski definition) is 2. The first-order chi connectivity index (χ1) is 5.20. The number of nitrogens with one attached hydrogen (secondary N) is 1. The Morgan fingerprint density at radius 1 is 1.91 bits per heavy atom. The number of imidazole rings is 1. The van der Waals surface area contributed by atoms with E-state index in [1.54, 1.807) is 19.4 Å². The van der Waals surface area contributed by atoms with Crippen LogP contribution in [-0.2, 0) is 11.2 Å².